The van der Waals surface area contributed by atoms with Gasteiger partial charge in [0.2, 0.25) is 5.91 Å². The largest absolute Gasteiger partial charge is 0.490 e. The Kier molecular flexibility index (Phi) is 8.70. The maximum Gasteiger partial charge on any atom is 0.226 e. The van der Waals surface area contributed by atoms with E-state index in [1.807, 2.05) is 78.9 Å². The summed E-state index contributed by atoms with van der Waals surface area (Å²) >= 11 is 11.4. The molecule has 3 rings (SSSR count). The Hall–Kier alpha value is -3.09. The van der Waals surface area contributed by atoms with Crippen LogP contribution in [0.3, 0.4) is 0 Å². The topological polar surface area (TPSA) is 59.6 Å². The summed E-state index contributed by atoms with van der Waals surface area (Å²) in [5.74, 6) is 1.22. The Morgan fingerprint density at radius 2 is 1.55 bits per heavy atom. The number of hydrogen-bond donors (Lipinski definition) is 2. The number of para-hydroxylation sites is 3. The van der Waals surface area contributed by atoms with Gasteiger partial charge in [-0.3, -0.25) is 4.79 Å². The standard InChI is InChI=1S/C24H23ClN2O3S/c25-20-11-5-4-8-18(20)14-15-23(28)27-24(31)26-21-12-6-7-13-22(21)30-17-16-29-19-9-2-1-3-10-19/h1-13H,14-17H2,(H2,26,27,28,31). The number of thiocarbonyl (C=S) groups is 1. The van der Waals surface area contributed by atoms with Crippen molar-refractivity contribution in [3.05, 3.63) is 89.4 Å². The van der Waals surface area contributed by atoms with Crippen LogP contribution in [0.1, 0.15) is 12.0 Å². The lowest BCUT2D eigenvalue weighted by molar-refractivity contribution is -0.119. The zero-order valence-electron chi connectivity index (χ0n) is 16.8. The van der Waals surface area contributed by atoms with Gasteiger partial charge in [0.25, 0.3) is 0 Å². The molecule has 0 saturated heterocycles. The van der Waals surface area contributed by atoms with Crippen molar-refractivity contribution in [2.45, 2.75) is 12.8 Å². The van der Waals surface area contributed by atoms with Gasteiger partial charge in [-0.25, -0.2) is 0 Å². The molecule has 0 spiro atoms. The van der Waals surface area contributed by atoms with Crippen molar-refractivity contribution in [1.29, 1.82) is 0 Å². The van der Waals surface area contributed by atoms with Crippen molar-refractivity contribution in [3.8, 4) is 11.5 Å². The predicted molar refractivity (Wildman–Crippen MR) is 128 cm³/mol. The molecule has 5 nitrogen and oxygen atoms in total. The lowest BCUT2D eigenvalue weighted by Crippen LogP contribution is -2.34. The molecule has 0 heterocycles. The van der Waals surface area contributed by atoms with Crippen molar-refractivity contribution in [2.24, 2.45) is 0 Å². The normalized spacial score (nSPS) is 10.2. The third kappa shape index (κ3) is 7.59. The van der Waals surface area contributed by atoms with E-state index in [9.17, 15) is 4.79 Å². The number of anilines is 1. The van der Waals surface area contributed by atoms with E-state index in [2.05, 4.69) is 10.6 Å². The van der Waals surface area contributed by atoms with Gasteiger partial charge in [0, 0.05) is 11.4 Å². The highest BCUT2D eigenvalue weighted by molar-refractivity contribution is 7.80. The van der Waals surface area contributed by atoms with Crippen LogP contribution in [0, 0.1) is 0 Å². The van der Waals surface area contributed by atoms with E-state index in [-0.39, 0.29) is 17.4 Å². The van der Waals surface area contributed by atoms with Gasteiger partial charge in [-0.1, -0.05) is 60.1 Å². The van der Waals surface area contributed by atoms with Gasteiger partial charge in [-0.05, 0) is 54.5 Å². The fourth-order valence-corrected chi connectivity index (χ4v) is 3.27. The molecule has 3 aromatic rings. The zero-order valence-corrected chi connectivity index (χ0v) is 18.4. The van der Waals surface area contributed by atoms with Gasteiger partial charge in [0.15, 0.2) is 5.11 Å². The first-order valence-corrected chi connectivity index (χ1v) is 10.6. The van der Waals surface area contributed by atoms with Crippen LogP contribution in [0.5, 0.6) is 11.5 Å². The molecule has 0 aromatic heterocycles. The van der Waals surface area contributed by atoms with Crippen LogP contribution in [-0.4, -0.2) is 24.2 Å². The molecule has 31 heavy (non-hydrogen) atoms. The van der Waals surface area contributed by atoms with Crippen LogP contribution < -0.4 is 20.1 Å². The molecule has 0 atom stereocenters. The van der Waals surface area contributed by atoms with E-state index in [1.165, 1.54) is 0 Å². The molecule has 0 fully saturated rings. The molecule has 0 aliphatic rings. The smallest absolute Gasteiger partial charge is 0.226 e. The minimum atomic E-state index is -0.188. The van der Waals surface area contributed by atoms with Crippen molar-refractivity contribution >= 4 is 40.5 Å². The summed E-state index contributed by atoms with van der Waals surface area (Å²) in [5.41, 5.74) is 1.59. The van der Waals surface area contributed by atoms with Crippen molar-refractivity contribution < 1.29 is 14.3 Å². The Bertz CT molecular complexity index is 1010. The van der Waals surface area contributed by atoms with Crippen LogP contribution in [0.2, 0.25) is 5.02 Å². The quantitative estimate of drug-likeness (QED) is 0.342. The number of aryl methyl sites for hydroxylation is 1. The van der Waals surface area contributed by atoms with Crippen LogP contribution in [-0.2, 0) is 11.2 Å². The number of carbonyl (C=O) groups is 1. The molecule has 0 unspecified atom stereocenters. The minimum absolute atomic E-state index is 0.188. The number of hydrogen-bond acceptors (Lipinski definition) is 4. The summed E-state index contributed by atoms with van der Waals surface area (Å²) in [6.45, 7) is 0.770. The highest BCUT2D eigenvalue weighted by atomic mass is 35.5. The summed E-state index contributed by atoms with van der Waals surface area (Å²) in [6.07, 6.45) is 0.815. The maximum atomic E-state index is 12.2. The molecule has 0 aliphatic heterocycles. The van der Waals surface area contributed by atoms with Gasteiger partial charge in [0.1, 0.15) is 24.7 Å². The number of rotatable bonds is 9. The van der Waals surface area contributed by atoms with E-state index in [0.717, 1.165) is 11.3 Å². The van der Waals surface area contributed by atoms with Gasteiger partial charge in [-0.15, -0.1) is 0 Å². The molecular formula is C24H23ClN2O3S. The number of halogens is 1. The van der Waals surface area contributed by atoms with Crippen LogP contribution >= 0.6 is 23.8 Å². The predicted octanol–water partition coefficient (Wildman–Crippen LogP) is 5.24. The molecule has 1 amide bonds. The lowest BCUT2D eigenvalue weighted by atomic mass is 10.1. The Balaban J connectivity index is 1.45. The van der Waals surface area contributed by atoms with E-state index < -0.39 is 0 Å². The number of amides is 1. The third-order valence-corrected chi connectivity index (χ3v) is 4.89. The van der Waals surface area contributed by atoms with Crippen LogP contribution in [0.4, 0.5) is 5.69 Å². The second-order valence-corrected chi connectivity index (χ2v) is 7.42. The fraction of sp³-hybridized carbons (Fsp3) is 0.167. The molecule has 0 saturated carbocycles. The van der Waals surface area contributed by atoms with Crippen LogP contribution in [0.15, 0.2) is 78.9 Å². The van der Waals surface area contributed by atoms with Gasteiger partial charge in [-0.2, -0.15) is 0 Å². The van der Waals surface area contributed by atoms with Crippen molar-refractivity contribution in [1.82, 2.24) is 5.32 Å². The molecule has 2 N–H and O–H groups in total. The van der Waals surface area contributed by atoms with Crippen LogP contribution in [0.25, 0.3) is 0 Å². The molecule has 160 valence electrons. The Morgan fingerprint density at radius 3 is 2.35 bits per heavy atom. The molecular weight excluding hydrogens is 432 g/mol. The molecule has 0 aliphatic carbocycles. The molecule has 7 heteroatoms. The second-order valence-electron chi connectivity index (χ2n) is 6.60. The van der Waals surface area contributed by atoms with E-state index in [4.69, 9.17) is 33.3 Å². The average molecular weight is 455 g/mol. The maximum absolute atomic E-state index is 12.2. The Morgan fingerprint density at radius 1 is 0.871 bits per heavy atom. The summed E-state index contributed by atoms with van der Waals surface area (Å²) in [5, 5.41) is 6.57. The molecule has 3 aromatic carbocycles. The van der Waals surface area contributed by atoms with Gasteiger partial charge in [0.05, 0.1) is 5.69 Å². The number of benzene rings is 3. The number of carbonyl (C=O) groups excluding carboxylic acids is 1. The summed E-state index contributed by atoms with van der Waals surface area (Å²) < 4.78 is 11.4. The van der Waals surface area contributed by atoms with Gasteiger partial charge < -0.3 is 20.1 Å². The number of nitrogens with one attached hydrogen (secondary N) is 2. The first kappa shape index (κ1) is 22.6. The second kappa shape index (κ2) is 11.9. The Labute approximate surface area is 192 Å². The molecule has 0 bridgehead atoms. The zero-order chi connectivity index (χ0) is 21.9. The minimum Gasteiger partial charge on any atom is -0.490 e. The summed E-state index contributed by atoms with van der Waals surface area (Å²) in [4.78, 5) is 12.2. The number of ether oxygens (including phenoxy) is 2. The first-order chi connectivity index (χ1) is 15.1. The summed E-state index contributed by atoms with van der Waals surface area (Å²) in [6, 6.07) is 24.4. The van der Waals surface area contributed by atoms with Crippen molar-refractivity contribution in [3.63, 3.8) is 0 Å². The highest BCUT2D eigenvalue weighted by Gasteiger charge is 2.09. The fourth-order valence-electron chi connectivity index (χ4n) is 2.82. The van der Waals surface area contributed by atoms with E-state index >= 15 is 0 Å². The lowest BCUT2D eigenvalue weighted by Gasteiger charge is -2.14. The SMILES string of the molecule is O=C(CCc1ccccc1Cl)NC(=S)Nc1ccccc1OCCOc1ccccc1. The average Bonchev–Trinajstić information content (AvgIpc) is 2.78. The van der Waals surface area contributed by atoms with Crippen molar-refractivity contribution in [2.75, 3.05) is 18.5 Å². The summed E-state index contributed by atoms with van der Waals surface area (Å²) in [7, 11) is 0. The van der Waals surface area contributed by atoms with E-state index in [1.54, 1.807) is 0 Å². The molecule has 0 radical (unpaired) electrons. The van der Waals surface area contributed by atoms with E-state index in [0.29, 0.717) is 36.1 Å². The monoisotopic (exact) mass is 454 g/mol. The highest BCUT2D eigenvalue weighted by Crippen LogP contribution is 2.23. The first-order valence-electron chi connectivity index (χ1n) is 9.86. The van der Waals surface area contributed by atoms with Gasteiger partial charge >= 0.3 is 0 Å². The third-order valence-electron chi connectivity index (χ3n) is 4.32.